The molecule has 0 N–H and O–H groups in total. The molecule has 0 radical (unpaired) electrons. The number of ether oxygens (including phenoxy) is 1. The maximum Gasteiger partial charge on any atom is 0.166 e. The van der Waals surface area contributed by atoms with Crippen LogP contribution in [0, 0.1) is 0 Å². The molecule has 2 nitrogen and oxygen atoms in total. The summed E-state index contributed by atoms with van der Waals surface area (Å²) in [4.78, 5) is 12.4. The van der Waals surface area contributed by atoms with Crippen LogP contribution in [0.15, 0.2) is 54.6 Å². The lowest BCUT2D eigenvalue weighted by Gasteiger charge is -2.25. The number of carbonyl (C=O) groups is 1. The minimum absolute atomic E-state index is 0.207. The van der Waals surface area contributed by atoms with E-state index in [0.29, 0.717) is 13.0 Å². The van der Waals surface area contributed by atoms with Gasteiger partial charge in [0.1, 0.15) is 6.10 Å². The first-order chi connectivity index (χ1) is 10.3. The van der Waals surface area contributed by atoms with Crippen LogP contribution in [0.2, 0.25) is 0 Å². The number of fused-ring (bicyclic) bond motifs is 1. The Labute approximate surface area is 125 Å². The Morgan fingerprint density at radius 3 is 2.67 bits per heavy atom. The van der Waals surface area contributed by atoms with Crippen molar-refractivity contribution in [3.05, 3.63) is 71.3 Å². The molecule has 1 heterocycles. The van der Waals surface area contributed by atoms with Crippen molar-refractivity contribution in [2.75, 3.05) is 6.61 Å². The van der Waals surface area contributed by atoms with Crippen LogP contribution >= 0.6 is 0 Å². The van der Waals surface area contributed by atoms with Crippen molar-refractivity contribution >= 4 is 5.78 Å². The lowest BCUT2D eigenvalue weighted by molar-refractivity contribution is -0.131. The number of hydrogen-bond donors (Lipinski definition) is 0. The molecule has 0 aliphatic carbocycles. The van der Waals surface area contributed by atoms with Gasteiger partial charge in [-0.15, -0.1) is 0 Å². The Morgan fingerprint density at radius 2 is 1.81 bits per heavy atom. The molecule has 0 fully saturated rings. The largest absolute Gasteiger partial charge is 0.365 e. The smallest absolute Gasteiger partial charge is 0.166 e. The third kappa shape index (κ3) is 3.40. The second-order valence-electron chi connectivity index (χ2n) is 5.51. The highest BCUT2D eigenvalue weighted by molar-refractivity contribution is 5.85. The zero-order valence-corrected chi connectivity index (χ0v) is 12.1. The Hall–Kier alpha value is -1.93. The fraction of sp³-hybridized carbons (Fsp3) is 0.316. The summed E-state index contributed by atoms with van der Waals surface area (Å²) in [6, 6.07) is 18.4. The Kier molecular flexibility index (Phi) is 4.46. The van der Waals surface area contributed by atoms with Crippen molar-refractivity contribution in [2.24, 2.45) is 0 Å². The summed E-state index contributed by atoms with van der Waals surface area (Å²) in [5.74, 6) is 0.207. The highest BCUT2D eigenvalue weighted by Crippen LogP contribution is 2.28. The summed E-state index contributed by atoms with van der Waals surface area (Å²) < 4.78 is 5.72. The third-order valence-electron chi connectivity index (χ3n) is 4.02. The van der Waals surface area contributed by atoms with E-state index >= 15 is 0 Å². The normalized spacial score (nSPS) is 17.2. The molecule has 108 valence electrons. The summed E-state index contributed by atoms with van der Waals surface area (Å²) in [7, 11) is 0. The Balaban J connectivity index is 1.59. The van der Waals surface area contributed by atoms with Crippen LogP contribution in [0.3, 0.4) is 0 Å². The predicted octanol–water partition coefficient (Wildman–Crippen LogP) is 3.89. The van der Waals surface area contributed by atoms with Gasteiger partial charge in [0.15, 0.2) is 5.78 Å². The Morgan fingerprint density at radius 1 is 1.05 bits per heavy atom. The summed E-state index contributed by atoms with van der Waals surface area (Å²) in [6.45, 7) is 0.645. The molecule has 0 spiro atoms. The molecule has 1 aliphatic heterocycles. The van der Waals surface area contributed by atoms with Crippen LogP contribution in [0.4, 0.5) is 0 Å². The second kappa shape index (κ2) is 6.68. The zero-order chi connectivity index (χ0) is 14.5. The zero-order valence-electron chi connectivity index (χ0n) is 12.1. The van der Waals surface area contributed by atoms with E-state index in [1.807, 2.05) is 36.4 Å². The SMILES string of the molecule is O=C(CCCc1ccccc1)C1OCCc2ccccc21. The second-order valence-corrected chi connectivity index (χ2v) is 5.51. The first kappa shape index (κ1) is 14.0. The number of carbonyl (C=O) groups excluding carboxylic acids is 1. The maximum absolute atomic E-state index is 12.4. The van der Waals surface area contributed by atoms with Crippen molar-refractivity contribution in [1.29, 1.82) is 0 Å². The van der Waals surface area contributed by atoms with Gasteiger partial charge in [0, 0.05) is 6.42 Å². The number of benzene rings is 2. The quantitative estimate of drug-likeness (QED) is 0.830. The van der Waals surface area contributed by atoms with E-state index in [0.717, 1.165) is 24.8 Å². The number of rotatable bonds is 5. The molecule has 0 saturated heterocycles. The molecule has 1 atom stereocenters. The molecule has 0 saturated carbocycles. The van der Waals surface area contributed by atoms with Crippen LogP contribution in [0.5, 0.6) is 0 Å². The van der Waals surface area contributed by atoms with E-state index < -0.39 is 0 Å². The van der Waals surface area contributed by atoms with Gasteiger partial charge in [0.2, 0.25) is 0 Å². The summed E-state index contributed by atoms with van der Waals surface area (Å²) in [5, 5.41) is 0. The van der Waals surface area contributed by atoms with Gasteiger partial charge in [-0.25, -0.2) is 0 Å². The lowest BCUT2D eigenvalue weighted by atomic mass is 9.93. The third-order valence-corrected chi connectivity index (χ3v) is 4.02. The van der Waals surface area contributed by atoms with Crippen LogP contribution in [0.1, 0.15) is 35.6 Å². The summed E-state index contributed by atoms with van der Waals surface area (Å²) in [5.41, 5.74) is 3.61. The van der Waals surface area contributed by atoms with Gasteiger partial charge >= 0.3 is 0 Å². The van der Waals surface area contributed by atoms with Crippen LogP contribution < -0.4 is 0 Å². The molecule has 0 amide bonds. The highest BCUT2D eigenvalue weighted by Gasteiger charge is 2.26. The molecule has 2 heteroatoms. The van der Waals surface area contributed by atoms with Crippen molar-refractivity contribution in [1.82, 2.24) is 0 Å². The van der Waals surface area contributed by atoms with Crippen LogP contribution in [-0.4, -0.2) is 12.4 Å². The topological polar surface area (TPSA) is 26.3 Å². The monoisotopic (exact) mass is 280 g/mol. The summed E-state index contributed by atoms with van der Waals surface area (Å²) >= 11 is 0. The number of hydrogen-bond acceptors (Lipinski definition) is 2. The van der Waals surface area contributed by atoms with Gasteiger partial charge in [-0.3, -0.25) is 4.79 Å². The van der Waals surface area contributed by atoms with Crippen molar-refractivity contribution in [3.63, 3.8) is 0 Å². The van der Waals surface area contributed by atoms with E-state index in [1.165, 1.54) is 11.1 Å². The van der Waals surface area contributed by atoms with Crippen LogP contribution in [-0.2, 0) is 22.4 Å². The first-order valence-corrected chi connectivity index (χ1v) is 7.60. The van der Waals surface area contributed by atoms with Gasteiger partial charge in [-0.2, -0.15) is 0 Å². The molecule has 0 bridgehead atoms. The average Bonchev–Trinajstić information content (AvgIpc) is 2.55. The lowest BCUT2D eigenvalue weighted by Crippen LogP contribution is -2.23. The maximum atomic E-state index is 12.4. The van der Waals surface area contributed by atoms with E-state index in [9.17, 15) is 4.79 Å². The van der Waals surface area contributed by atoms with Crippen molar-refractivity contribution in [2.45, 2.75) is 31.8 Å². The number of Topliss-reactive ketones (excluding diaryl/α,β-unsaturated/α-hetero) is 1. The molecule has 0 aromatic heterocycles. The van der Waals surface area contributed by atoms with Gasteiger partial charge in [-0.05, 0) is 36.0 Å². The van der Waals surface area contributed by atoms with Gasteiger partial charge < -0.3 is 4.74 Å². The van der Waals surface area contributed by atoms with Crippen LogP contribution in [0.25, 0.3) is 0 Å². The van der Waals surface area contributed by atoms with Crippen molar-refractivity contribution in [3.8, 4) is 0 Å². The predicted molar refractivity (Wildman–Crippen MR) is 83.2 cm³/mol. The first-order valence-electron chi connectivity index (χ1n) is 7.60. The van der Waals surface area contributed by atoms with E-state index in [1.54, 1.807) is 0 Å². The number of ketones is 1. The fourth-order valence-electron chi connectivity index (χ4n) is 2.90. The van der Waals surface area contributed by atoms with E-state index in [4.69, 9.17) is 4.74 Å². The van der Waals surface area contributed by atoms with Gasteiger partial charge in [-0.1, -0.05) is 54.6 Å². The van der Waals surface area contributed by atoms with E-state index in [-0.39, 0.29) is 11.9 Å². The molecular formula is C19H20O2. The highest BCUT2D eigenvalue weighted by atomic mass is 16.5. The molecule has 2 aromatic carbocycles. The minimum Gasteiger partial charge on any atom is -0.365 e. The molecule has 1 aliphatic rings. The molecule has 1 unspecified atom stereocenters. The minimum atomic E-state index is -0.356. The molecule has 2 aromatic rings. The summed E-state index contributed by atoms with van der Waals surface area (Å²) in [6.07, 6.45) is 2.95. The van der Waals surface area contributed by atoms with E-state index in [2.05, 4.69) is 18.2 Å². The van der Waals surface area contributed by atoms with Crippen molar-refractivity contribution < 1.29 is 9.53 Å². The molecule has 3 rings (SSSR count). The average molecular weight is 280 g/mol. The van der Waals surface area contributed by atoms with Gasteiger partial charge in [0.25, 0.3) is 0 Å². The fourth-order valence-corrected chi connectivity index (χ4v) is 2.90. The standard InChI is InChI=1S/C19H20O2/c20-18(12-6-9-15-7-2-1-3-8-15)19-17-11-5-4-10-16(17)13-14-21-19/h1-5,7-8,10-11,19H,6,9,12-14H2. The van der Waals surface area contributed by atoms with Gasteiger partial charge in [0.05, 0.1) is 6.61 Å². The Bertz CT molecular complexity index is 604. The number of aryl methyl sites for hydroxylation is 1. The molecule has 21 heavy (non-hydrogen) atoms. The molecular weight excluding hydrogens is 260 g/mol.